The summed E-state index contributed by atoms with van der Waals surface area (Å²) in [6, 6.07) is 6.25. The number of piperidine rings is 1. The summed E-state index contributed by atoms with van der Waals surface area (Å²) in [5.74, 6) is 0. The van der Waals surface area contributed by atoms with Crippen LogP contribution in [0.4, 0.5) is 0 Å². The van der Waals surface area contributed by atoms with Gasteiger partial charge in [-0.2, -0.15) is 0 Å². The van der Waals surface area contributed by atoms with Crippen molar-refractivity contribution in [1.29, 1.82) is 0 Å². The average molecular weight is 236 g/mol. The Labute approximate surface area is 99.6 Å². The normalized spacial score (nSPS) is 21.4. The lowest BCUT2D eigenvalue weighted by Crippen LogP contribution is -2.27. The Morgan fingerprint density at radius 2 is 2.19 bits per heavy atom. The second kappa shape index (κ2) is 4.11. The average Bonchev–Trinajstić information content (AvgIpc) is 2.78. The maximum atomic E-state index is 6.31. The number of hydrogen-bond donors (Lipinski definition) is 1. The Hall–Kier alpha value is -0.990. The number of furan rings is 1. The predicted molar refractivity (Wildman–Crippen MR) is 65.8 cm³/mol. The maximum Gasteiger partial charge on any atom is 0.134 e. The van der Waals surface area contributed by atoms with Gasteiger partial charge in [-0.15, -0.1) is 0 Å². The van der Waals surface area contributed by atoms with Gasteiger partial charge in [-0.25, -0.2) is 0 Å². The zero-order valence-electron chi connectivity index (χ0n) is 9.00. The van der Waals surface area contributed by atoms with Crippen molar-refractivity contribution in [1.82, 2.24) is 5.32 Å². The molecule has 1 atom stereocenters. The van der Waals surface area contributed by atoms with Gasteiger partial charge in [0, 0.05) is 16.5 Å². The van der Waals surface area contributed by atoms with Crippen LogP contribution in [0.3, 0.4) is 0 Å². The summed E-state index contributed by atoms with van der Waals surface area (Å²) in [5.41, 5.74) is 2.12. The van der Waals surface area contributed by atoms with Gasteiger partial charge in [0.1, 0.15) is 5.58 Å². The summed E-state index contributed by atoms with van der Waals surface area (Å²) in [7, 11) is 0. The Balaban J connectivity index is 2.12. The van der Waals surface area contributed by atoms with Gasteiger partial charge in [-0.05, 0) is 43.1 Å². The van der Waals surface area contributed by atoms with Gasteiger partial charge >= 0.3 is 0 Å². The second-order valence-electron chi connectivity index (χ2n) is 4.30. The molecule has 3 heteroatoms. The highest BCUT2D eigenvalue weighted by Crippen LogP contribution is 2.35. The van der Waals surface area contributed by atoms with Crippen molar-refractivity contribution in [2.75, 3.05) is 6.54 Å². The molecule has 0 saturated carbocycles. The fraction of sp³-hybridized carbons (Fsp3) is 0.385. The van der Waals surface area contributed by atoms with E-state index in [1.165, 1.54) is 18.4 Å². The molecule has 1 saturated heterocycles. The number of rotatable bonds is 1. The minimum absolute atomic E-state index is 0.377. The summed E-state index contributed by atoms with van der Waals surface area (Å²) in [5, 5.41) is 5.52. The van der Waals surface area contributed by atoms with Gasteiger partial charge in [0.15, 0.2) is 0 Å². The molecular formula is C13H14ClNO. The molecular weight excluding hydrogens is 222 g/mol. The molecule has 1 aromatic carbocycles. The largest absolute Gasteiger partial charge is 0.464 e. The standard InChI is InChI=1S/C13H14ClNO/c14-10-4-5-12-9(6-8-16-12)13(10)11-3-1-2-7-15-11/h4-6,8,11,15H,1-3,7H2. The number of halogens is 1. The topological polar surface area (TPSA) is 25.2 Å². The first kappa shape index (κ1) is 10.2. The first-order chi connectivity index (χ1) is 7.86. The van der Waals surface area contributed by atoms with Crippen molar-refractivity contribution >= 4 is 22.6 Å². The molecule has 1 aromatic heterocycles. The minimum atomic E-state index is 0.377. The molecule has 1 fully saturated rings. The highest BCUT2D eigenvalue weighted by molar-refractivity contribution is 6.32. The Kier molecular flexibility index (Phi) is 2.62. The molecule has 16 heavy (non-hydrogen) atoms. The fourth-order valence-corrected chi connectivity index (χ4v) is 2.79. The van der Waals surface area contributed by atoms with Gasteiger partial charge in [0.25, 0.3) is 0 Å². The Bertz CT molecular complexity index is 500. The zero-order valence-corrected chi connectivity index (χ0v) is 9.76. The molecule has 1 N–H and O–H groups in total. The van der Waals surface area contributed by atoms with Gasteiger partial charge in [-0.1, -0.05) is 18.0 Å². The molecule has 2 nitrogen and oxygen atoms in total. The van der Waals surface area contributed by atoms with Crippen molar-refractivity contribution < 1.29 is 4.42 Å². The molecule has 0 bridgehead atoms. The lowest BCUT2D eigenvalue weighted by atomic mass is 9.95. The van der Waals surface area contributed by atoms with Crippen molar-refractivity contribution in [2.24, 2.45) is 0 Å². The number of benzene rings is 1. The van der Waals surface area contributed by atoms with Gasteiger partial charge in [0.05, 0.1) is 6.26 Å². The lowest BCUT2D eigenvalue weighted by molar-refractivity contribution is 0.414. The monoisotopic (exact) mass is 235 g/mol. The molecule has 2 heterocycles. The third kappa shape index (κ3) is 1.62. The summed E-state index contributed by atoms with van der Waals surface area (Å²) < 4.78 is 5.42. The van der Waals surface area contributed by atoms with Gasteiger partial charge < -0.3 is 9.73 Å². The molecule has 0 spiro atoms. The molecule has 2 aromatic rings. The van der Waals surface area contributed by atoms with Crippen LogP contribution in [0.2, 0.25) is 5.02 Å². The third-order valence-electron chi connectivity index (χ3n) is 3.28. The second-order valence-corrected chi connectivity index (χ2v) is 4.70. The molecule has 3 rings (SSSR count). The smallest absolute Gasteiger partial charge is 0.134 e. The van der Waals surface area contributed by atoms with E-state index in [9.17, 15) is 0 Å². The van der Waals surface area contributed by atoms with Crippen molar-refractivity contribution in [3.63, 3.8) is 0 Å². The van der Waals surface area contributed by atoms with E-state index in [0.29, 0.717) is 6.04 Å². The van der Waals surface area contributed by atoms with Gasteiger partial charge in [0.2, 0.25) is 0 Å². The highest BCUT2D eigenvalue weighted by atomic mass is 35.5. The SMILES string of the molecule is Clc1ccc2occc2c1C1CCCCN1. The van der Waals surface area contributed by atoms with E-state index in [0.717, 1.165) is 29.0 Å². The molecule has 0 aliphatic carbocycles. The Morgan fingerprint density at radius 1 is 1.25 bits per heavy atom. The number of hydrogen-bond acceptors (Lipinski definition) is 2. The summed E-state index contributed by atoms with van der Waals surface area (Å²) in [6.45, 7) is 1.08. The van der Waals surface area contributed by atoms with Crippen LogP contribution in [-0.4, -0.2) is 6.54 Å². The van der Waals surface area contributed by atoms with Crippen LogP contribution in [0.5, 0.6) is 0 Å². The van der Waals surface area contributed by atoms with E-state index in [-0.39, 0.29) is 0 Å². The number of nitrogens with one attached hydrogen (secondary N) is 1. The first-order valence-corrected chi connectivity index (χ1v) is 6.13. The van der Waals surface area contributed by atoms with E-state index >= 15 is 0 Å². The third-order valence-corrected chi connectivity index (χ3v) is 3.61. The van der Waals surface area contributed by atoms with Crippen LogP contribution in [0, 0.1) is 0 Å². The van der Waals surface area contributed by atoms with E-state index < -0.39 is 0 Å². The molecule has 1 aliphatic rings. The number of fused-ring (bicyclic) bond motifs is 1. The summed E-state index contributed by atoms with van der Waals surface area (Å²) in [4.78, 5) is 0. The molecule has 0 amide bonds. The lowest BCUT2D eigenvalue weighted by Gasteiger charge is -2.25. The van der Waals surface area contributed by atoms with Crippen molar-refractivity contribution in [3.8, 4) is 0 Å². The summed E-state index contributed by atoms with van der Waals surface area (Å²) in [6.07, 6.45) is 5.41. The van der Waals surface area contributed by atoms with E-state index in [4.69, 9.17) is 16.0 Å². The first-order valence-electron chi connectivity index (χ1n) is 5.75. The van der Waals surface area contributed by atoms with Crippen LogP contribution in [0.25, 0.3) is 11.0 Å². The van der Waals surface area contributed by atoms with E-state index in [2.05, 4.69) is 5.32 Å². The molecule has 84 valence electrons. The van der Waals surface area contributed by atoms with E-state index in [1.54, 1.807) is 6.26 Å². The van der Waals surface area contributed by atoms with Crippen LogP contribution in [-0.2, 0) is 0 Å². The maximum absolute atomic E-state index is 6.31. The minimum Gasteiger partial charge on any atom is -0.464 e. The van der Waals surface area contributed by atoms with E-state index in [1.807, 2.05) is 18.2 Å². The van der Waals surface area contributed by atoms with Crippen LogP contribution < -0.4 is 5.32 Å². The zero-order chi connectivity index (χ0) is 11.0. The molecule has 1 aliphatic heterocycles. The highest BCUT2D eigenvalue weighted by Gasteiger charge is 2.20. The van der Waals surface area contributed by atoms with Crippen molar-refractivity contribution in [3.05, 3.63) is 35.0 Å². The predicted octanol–water partition coefficient (Wildman–Crippen LogP) is 3.90. The van der Waals surface area contributed by atoms with Crippen LogP contribution in [0.1, 0.15) is 30.9 Å². The quantitative estimate of drug-likeness (QED) is 0.811. The summed E-state index contributed by atoms with van der Waals surface area (Å²) >= 11 is 6.31. The van der Waals surface area contributed by atoms with Crippen LogP contribution in [0.15, 0.2) is 28.9 Å². The Morgan fingerprint density at radius 3 is 3.00 bits per heavy atom. The fourth-order valence-electron chi connectivity index (χ4n) is 2.49. The van der Waals surface area contributed by atoms with Gasteiger partial charge in [-0.3, -0.25) is 0 Å². The van der Waals surface area contributed by atoms with Crippen molar-refractivity contribution in [2.45, 2.75) is 25.3 Å². The molecule has 0 radical (unpaired) electrons. The molecule has 1 unspecified atom stereocenters. The van der Waals surface area contributed by atoms with Crippen LogP contribution >= 0.6 is 11.6 Å².